The fourth-order valence-electron chi connectivity index (χ4n) is 2.42. The van der Waals surface area contributed by atoms with E-state index in [2.05, 4.69) is 14.9 Å². The van der Waals surface area contributed by atoms with Crippen molar-refractivity contribution in [2.24, 2.45) is 5.92 Å². The predicted molar refractivity (Wildman–Crippen MR) is 66.4 cm³/mol. The number of aliphatic carboxylic acids is 1. The number of nitro groups is 1. The molecule has 0 amide bonds. The van der Waals surface area contributed by atoms with Gasteiger partial charge in [0.15, 0.2) is 5.52 Å². The Balaban J connectivity index is 2.02. The minimum absolute atomic E-state index is 0.0753. The molecule has 2 heterocycles. The second-order valence-electron chi connectivity index (χ2n) is 4.59. The van der Waals surface area contributed by atoms with E-state index in [1.165, 1.54) is 6.07 Å². The van der Waals surface area contributed by atoms with E-state index < -0.39 is 16.8 Å². The Bertz CT molecular complexity index is 697. The van der Waals surface area contributed by atoms with Gasteiger partial charge < -0.3 is 10.0 Å². The van der Waals surface area contributed by atoms with Crippen LogP contribution in [0.2, 0.25) is 0 Å². The molecule has 104 valence electrons. The van der Waals surface area contributed by atoms with Gasteiger partial charge in [0, 0.05) is 19.2 Å². The monoisotopic (exact) mass is 278 g/mol. The minimum Gasteiger partial charge on any atom is -0.481 e. The number of hydrogen-bond donors (Lipinski definition) is 1. The number of non-ortho nitro benzene ring substituents is 1. The molecule has 0 radical (unpaired) electrons. The number of aromatic nitrogens is 2. The number of carbonyl (C=O) groups is 1. The number of nitrogens with zero attached hydrogens (tertiary/aromatic N) is 4. The first-order valence-electron chi connectivity index (χ1n) is 5.95. The van der Waals surface area contributed by atoms with Gasteiger partial charge in [0.25, 0.3) is 0 Å². The number of hydrogen-bond acceptors (Lipinski definition) is 7. The van der Waals surface area contributed by atoms with Crippen molar-refractivity contribution in [2.45, 2.75) is 6.42 Å². The first kappa shape index (κ1) is 12.3. The average Bonchev–Trinajstić information content (AvgIpc) is 3.06. The molecule has 1 aromatic heterocycles. The van der Waals surface area contributed by atoms with E-state index in [0.717, 1.165) is 0 Å². The number of anilines is 1. The summed E-state index contributed by atoms with van der Waals surface area (Å²) in [6.07, 6.45) is 0.527. The maximum Gasteiger partial charge on any atom is 0.308 e. The Labute approximate surface area is 111 Å². The SMILES string of the molecule is O=C(O)C1CCN(c2ccc([N+](=O)[O-])c3nonc23)C1. The van der Waals surface area contributed by atoms with Crippen molar-refractivity contribution < 1.29 is 19.5 Å². The van der Waals surface area contributed by atoms with Gasteiger partial charge in [-0.2, -0.15) is 0 Å². The molecule has 1 aliphatic heterocycles. The van der Waals surface area contributed by atoms with Gasteiger partial charge >= 0.3 is 11.7 Å². The number of benzene rings is 1. The number of carboxylic acids is 1. The molecule has 1 aromatic carbocycles. The second-order valence-corrected chi connectivity index (χ2v) is 4.59. The summed E-state index contributed by atoms with van der Waals surface area (Å²) in [5, 5.41) is 27.1. The summed E-state index contributed by atoms with van der Waals surface area (Å²) in [4.78, 5) is 23.1. The molecular weight excluding hydrogens is 268 g/mol. The van der Waals surface area contributed by atoms with Gasteiger partial charge in [0.2, 0.25) is 5.52 Å². The Morgan fingerprint density at radius 2 is 2.20 bits per heavy atom. The second kappa shape index (κ2) is 4.44. The quantitative estimate of drug-likeness (QED) is 0.652. The molecule has 1 N–H and O–H groups in total. The molecule has 1 saturated heterocycles. The Morgan fingerprint density at radius 3 is 2.85 bits per heavy atom. The first-order chi connectivity index (χ1) is 9.58. The third-order valence-corrected chi connectivity index (χ3v) is 3.45. The largest absolute Gasteiger partial charge is 0.481 e. The number of carboxylic acid groups (broad SMARTS) is 1. The van der Waals surface area contributed by atoms with Gasteiger partial charge in [0.05, 0.1) is 16.5 Å². The maximum absolute atomic E-state index is 11.0. The number of nitro benzene ring substituents is 1. The molecule has 1 fully saturated rings. The third kappa shape index (κ3) is 1.83. The standard InChI is InChI=1S/C11H10N4O5/c16-11(17)6-3-4-14(5-6)7-1-2-8(15(18)19)10-9(7)12-20-13-10/h1-2,6H,3-5H2,(H,16,17). The first-order valence-corrected chi connectivity index (χ1v) is 5.95. The van der Waals surface area contributed by atoms with Crippen molar-refractivity contribution in [1.82, 2.24) is 10.3 Å². The predicted octanol–water partition coefficient (Wildman–Crippen LogP) is 1.04. The molecule has 0 spiro atoms. The van der Waals surface area contributed by atoms with Crippen LogP contribution in [0.15, 0.2) is 16.8 Å². The normalized spacial score (nSPS) is 18.6. The highest BCUT2D eigenvalue weighted by Crippen LogP contribution is 2.33. The average molecular weight is 278 g/mol. The van der Waals surface area contributed by atoms with Crippen LogP contribution in [0.1, 0.15) is 6.42 Å². The highest BCUT2D eigenvalue weighted by molar-refractivity contribution is 5.94. The van der Waals surface area contributed by atoms with Crippen LogP contribution >= 0.6 is 0 Å². The van der Waals surface area contributed by atoms with Crippen LogP contribution in [0.4, 0.5) is 11.4 Å². The molecule has 9 nitrogen and oxygen atoms in total. The van der Waals surface area contributed by atoms with Crippen molar-refractivity contribution >= 4 is 28.4 Å². The Morgan fingerprint density at radius 1 is 1.45 bits per heavy atom. The summed E-state index contributed by atoms with van der Waals surface area (Å²) in [5.41, 5.74) is 0.783. The topological polar surface area (TPSA) is 123 Å². The molecule has 0 aliphatic carbocycles. The van der Waals surface area contributed by atoms with Crippen molar-refractivity contribution in [3.63, 3.8) is 0 Å². The lowest BCUT2D eigenvalue weighted by Crippen LogP contribution is -2.22. The van der Waals surface area contributed by atoms with Crippen molar-refractivity contribution in [2.75, 3.05) is 18.0 Å². The van der Waals surface area contributed by atoms with Gasteiger partial charge in [-0.25, -0.2) is 4.63 Å². The Hall–Kier alpha value is -2.71. The highest BCUT2D eigenvalue weighted by Gasteiger charge is 2.31. The lowest BCUT2D eigenvalue weighted by molar-refractivity contribution is -0.383. The molecule has 0 saturated carbocycles. The molecular formula is C11H10N4O5. The molecule has 3 rings (SSSR count). The van der Waals surface area contributed by atoms with Gasteiger partial charge in [-0.1, -0.05) is 0 Å². The van der Waals surface area contributed by atoms with E-state index in [-0.39, 0.29) is 16.7 Å². The molecule has 20 heavy (non-hydrogen) atoms. The number of fused-ring (bicyclic) bond motifs is 1. The highest BCUT2D eigenvalue weighted by atomic mass is 16.6. The lowest BCUT2D eigenvalue weighted by Gasteiger charge is -2.17. The van der Waals surface area contributed by atoms with Gasteiger partial charge in [-0.15, -0.1) is 0 Å². The molecule has 1 aliphatic rings. The fourth-order valence-corrected chi connectivity index (χ4v) is 2.42. The zero-order valence-electron chi connectivity index (χ0n) is 10.2. The van der Waals surface area contributed by atoms with E-state index in [9.17, 15) is 14.9 Å². The molecule has 9 heteroatoms. The van der Waals surface area contributed by atoms with Crippen LogP contribution in [0.25, 0.3) is 11.0 Å². The summed E-state index contributed by atoms with van der Waals surface area (Å²) in [7, 11) is 0. The van der Waals surface area contributed by atoms with Crippen LogP contribution in [0, 0.1) is 16.0 Å². The summed E-state index contributed by atoms with van der Waals surface area (Å²) in [6.45, 7) is 0.895. The summed E-state index contributed by atoms with van der Waals surface area (Å²) in [6, 6.07) is 2.88. The van der Waals surface area contributed by atoms with Crippen LogP contribution < -0.4 is 4.90 Å². The lowest BCUT2D eigenvalue weighted by atomic mass is 10.1. The fraction of sp³-hybridized carbons (Fsp3) is 0.364. The van der Waals surface area contributed by atoms with Crippen LogP contribution in [0.5, 0.6) is 0 Å². The third-order valence-electron chi connectivity index (χ3n) is 3.45. The summed E-state index contributed by atoms with van der Waals surface area (Å²) < 4.78 is 4.58. The van der Waals surface area contributed by atoms with Gasteiger partial charge in [0.1, 0.15) is 0 Å². The van der Waals surface area contributed by atoms with E-state index in [4.69, 9.17) is 5.11 Å². The minimum atomic E-state index is -0.844. The van der Waals surface area contributed by atoms with Gasteiger partial charge in [-0.05, 0) is 22.8 Å². The van der Waals surface area contributed by atoms with E-state index in [1.54, 1.807) is 6.07 Å². The van der Waals surface area contributed by atoms with Crippen LogP contribution in [-0.4, -0.2) is 39.4 Å². The number of rotatable bonds is 3. The van der Waals surface area contributed by atoms with Crippen molar-refractivity contribution in [3.05, 3.63) is 22.2 Å². The van der Waals surface area contributed by atoms with Crippen LogP contribution in [-0.2, 0) is 4.79 Å². The van der Waals surface area contributed by atoms with E-state index >= 15 is 0 Å². The zero-order chi connectivity index (χ0) is 14.3. The zero-order valence-corrected chi connectivity index (χ0v) is 10.2. The van der Waals surface area contributed by atoms with Crippen molar-refractivity contribution in [3.8, 4) is 0 Å². The summed E-state index contributed by atoms with van der Waals surface area (Å²) >= 11 is 0. The maximum atomic E-state index is 11.0. The Kier molecular flexibility index (Phi) is 2.74. The molecule has 2 aromatic rings. The summed E-state index contributed by atoms with van der Waals surface area (Å²) in [5.74, 6) is -1.29. The molecule has 1 unspecified atom stereocenters. The van der Waals surface area contributed by atoms with Crippen molar-refractivity contribution in [1.29, 1.82) is 0 Å². The van der Waals surface area contributed by atoms with Crippen LogP contribution in [0.3, 0.4) is 0 Å². The smallest absolute Gasteiger partial charge is 0.308 e. The van der Waals surface area contributed by atoms with E-state index in [0.29, 0.717) is 25.2 Å². The molecule has 0 bridgehead atoms. The van der Waals surface area contributed by atoms with E-state index in [1.807, 2.05) is 4.90 Å². The van der Waals surface area contributed by atoms with Gasteiger partial charge in [-0.3, -0.25) is 14.9 Å². The molecule has 1 atom stereocenters.